The Morgan fingerprint density at radius 2 is 2.12 bits per heavy atom. The van der Waals surface area contributed by atoms with Crippen LogP contribution in [0.1, 0.15) is 25.0 Å². The van der Waals surface area contributed by atoms with E-state index in [-0.39, 0.29) is 24.0 Å². The van der Waals surface area contributed by atoms with Gasteiger partial charge in [0.05, 0.1) is 25.5 Å². The molecule has 1 heterocycles. The second-order valence-corrected chi connectivity index (χ2v) is 5.73. The molecule has 1 aliphatic rings. The minimum absolute atomic E-state index is 0. The highest BCUT2D eigenvalue weighted by Crippen LogP contribution is 2.24. The van der Waals surface area contributed by atoms with Gasteiger partial charge >= 0.3 is 0 Å². The largest absolute Gasteiger partial charge is 0.497 e. The monoisotopic (exact) mass is 442 g/mol. The molecule has 3 rings (SSSR count). The standard InChI is InChI=1S/C16H22N6O.HI/c1-23-15-7-5-14(6-8-15)22-11-13(20-21-22)10-19-16(17)18-9-12-3-2-4-12;/h5-8,11-12H,2-4,9-10H2,1H3,(H3,17,18,19);1H. The number of methoxy groups -OCH3 is 1. The van der Waals surface area contributed by atoms with Gasteiger partial charge in [-0.25, -0.2) is 9.67 Å². The smallest absolute Gasteiger partial charge is 0.188 e. The maximum absolute atomic E-state index is 5.87. The molecular weight excluding hydrogens is 419 g/mol. The van der Waals surface area contributed by atoms with E-state index in [2.05, 4.69) is 20.6 Å². The minimum atomic E-state index is 0. The molecular formula is C16H23IN6O. The summed E-state index contributed by atoms with van der Waals surface area (Å²) < 4.78 is 6.85. The molecule has 8 heteroatoms. The first-order valence-corrected chi connectivity index (χ1v) is 7.84. The van der Waals surface area contributed by atoms with Gasteiger partial charge in [-0.2, -0.15) is 0 Å². The van der Waals surface area contributed by atoms with Crippen molar-refractivity contribution in [2.75, 3.05) is 13.7 Å². The van der Waals surface area contributed by atoms with Crippen LogP contribution in [-0.4, -0.2) is 34.6 Å². The third-order valence-electron chi connectivity index (χ3n) is 4.09. The Morgan fingerprint density at radius 3 is 2.75 bits per heavy atom. The lowest BCUT2D eigenvalue weighted by Crippen LogP contribution is -2.37. The zero-order valence-corrected chi connectivity index (χ0v) is 16.0. The highest BCUT2D eigenvalue weighted by Gasteiger charge is 2.16. The fourth-order valence-electron chi connectivity index (χ4n) is 2.40. The molecule has 0 bridgehead atoms. The second-order valence-electron chi connectivity index (χ2n) is 5.73. The maximum atomic E-state index is 5.87. The van der Waals surface area contributed by atoms with E-state index in [1.165, 1.54) is 19.3 Å². The SMILES string of the molecule is COc1ccc(-n2cc(CN=C(N)NCC3CCC3)nn2)cc1.I. The quantitative estimate of drug-likeness (QED) is 0.406. The topological polar surface area (TPSA) is 90.3 Å². The summed E-state index contributed by atoms with van der Waals surface area (Å²) in [5, 5.41) is 11.4. The van der Waals surface area contributed by atoms with Gasteiger partial charge in [-0.15, -0.1) is 29.1 Å². The molecule has 0 aliphatic heterocycles. The van der Waals surface area contributed by atoms with Crippen molar-refractivity contribution in [1.29, 1.82) is 0 Å². The summed E-state index contributed by atoms with van der Waals surface area (Å²) in [6.45, 7) is 1.33. The molecule has 1 aliphatic carbocycles. The van der Waals surface area contributed by atoms with Crippen LogP contribution in [0.4, 0.5) is 0 Å². The minimum Gasteiger partial charge on any atom is -0.497 e. The van der Waals surface area contributed by atoms with Crippen molar-refractivity contribution in [2.45, 2.75) is 25.8 Å². The van der Waals surface area contributed by atoms with E-state index in [1.54, 1.807) is 11.8 Å². The van der Waals surface area contributed by atoms with Crippen molar-refractivity contribution < 1.29 is 4.74 Å². The zero-order chi connectivity index (χ0) is 16.1. The average Bonchev–Trinajstić information content (AvgIpc) is 3.00. The first-order chi connectivity index (χ1) is 11.2. The van der Waals surface area contributed by atoms with Crippen LogP contribution in [0.5, 0.6) is 5.75 Å². The number of hydrogen-bond acceptors (Lipinski definition) is 4. The maximum Gasteiger partial charge on any atom is 0.188 e. The van der Waals surface area contributed by atoms with Crippen LogP contribution in [0.2, 0.25) is 0 Å². The van der Waals surface area contributed by atoms with Crippen LogP contribution < -0.4 is 15.8 Å². The van der Waals surface area contributed by atoms with Crippen molar-refractivity contribution >= 4 is 29.9 Å². The number of aliphatic imine (C=N–C) groups is 1. The van der Waals surface area contributed by atoms with Crippen LogP contribution in [0.15, 0.2) is 35.5 Å². The molecule has 0 spiro atoms. The van der Waals surface area contributed by atoms with Gasteiger partial charge < -0.3 is 15.8 Å². The zero-order valence-electron chi connectivity index (χ0n) is 13.7. The number of nitrogens with zero attached hydrogens (tertiary/aromatic N) is 4. The Kier molecular flexibility index (Phi) is 6.83. The van der Waals surface area contributed by atoms with Gasteiger partial charge in [-0.05, 0) is 43.0 Å². The molecule has 1 fully saturated rings. The molecule has 0 atom stereocenters. The van der Waals surface area contributed by atoms with Crippen LogP contribution in [0.3, 0.4) is 0 Å². The molecule has 7 nitrogen and oxygen atoms in total. The Labute approximate surface area is 158 Å². The van der Waals surface area contributed by atoms with E-state index < -0.39 is 0 Å². The van der Waals surface area contributed by atoms with E-state index in [4.69, 9.17) is 10.5 Å². The summed E-state index contributed by atoms with van der Waals surface area (Å²) in [5.41, 5.74) is 7.56. The van der Waals surface area contributed by atoms with Gasteiger partial charge in [0.2, 0.25) is 0 Å². The number of halogens is 1. The highest BCUT2D eigenvalue weighted by molar-refractivity contribution is 14.0. The van der Waals surface area contributed by atoms with Crippen LogP contribution in [-0.2, 0) is 6.54 Å². The Bertz CT molecular complexity index is 665. The van der Waals surface area contributed by atoms with Gasteiger partial charge in [0.15, 0.2) is 5.96 Å². The van der Waals surface area contributed by atoms with Gasteiger partial charge in [0.1, 0.15) is 11.4 Å². The number of rotatable bonds is 6. The predicted octanol–water partition coefficient (Wildman–Crippen LogP) is 2.10. The van der Waals surface area contributed by atoms with Crippen molar-refractivity contribution in [3.63, 3.8) is 0 Å². The fraction of sp³-hybridized carbons (Fsp3) is 0.438. The van der Waals surface area contributed by atoms with Crippen molar-refractivity contribution in [1.82, 2.24) is 20.3 Å². The molecule has 1 aromatic heterocycles. The molecule has 1 aromatic carbocycles. The van der Waals surface area contributed by atoms with E-state index in [0.29, 0.717) is 12.5 Å². The second kappa shape index (κ2) is 8.86. The summed E-state index contributed by atoms with van der Waals surface area (Å²) in [7, 11) is 1.64. The van der Waals surface area contributed by atoms with Crippen LogP contribution >= 0.6 is 24.0 Å². The molecule has 1 saturated carbocycles. The number of benzene rings is 1. The van der Waals surface area contributed by atoms with Crippen molar-refractivity contribution in [2.24, 2.45) is 16.6 Å². The predicted molar refractivity (Wildman–Crippen MR) is 104 cm³/mol. The Balaban J connectivity index is 0.00000208. The molecule has 0 radical (unpaired) electrons. The molecule has 0 unspecified atom stereocenters. The Morgan fingerprint density at radius 1 is 1.38 bits per heavy atom. The lowest BCUT2D eigenvalue weighted by Gasteiger charge is -2.25. The van der Waals surface area contributed by atoms with E-state index >= 15 is 0 Å². The summed E-state index contributed by atoms with van der Waals surface area (Å²) in [6.07, 6.45) is 5.76. The average molecular weight is 442 g/mol. The van der Waals surface area contributed by atoms with E-state index in [1.807, 2.05) is 30.5 Å². The van der Waals surface area contributed by atoms with Crippen LogP contribution in [0.25, 0.3) is 5.69 Å². The van der Waals surface area contributed by atoms with E-state index in [0.717, 1.165) is 29.6 Å². The number of nitrogens with one attached hydrogen (secondary N) is 1. The highest BCUT2D eigenvalue weighted by atomic mass is 127. The third-order valence-corrected chi connectivity index (χ3v) is 4.09. The number of hydrogen-bond donors (Lipinski definition) is 2. The number of aromatic nitrogens is 3. The summed E-state index contributed by atoms with van der Waals surface area (Å²) in [5.74, 6) is 2.03. The molecule has 2 aromatic rings. The van der Waals surface area contributed by atoms with Gasteiger partial charge in [-0.1, -0.05) is 11.6 Å². The molecule has 3 N–H and O–H groups in total. The lowest BCUT2D eigenvalue weighted by atomic mass is 9.85. The molecule has 0 saturated heterocycles. The molecule has 130 valence electrons. The van der Waals surface area contributed by atoms with Gasteiger partial charge in [0, 0.05) is 6.54 Å². The van der Waals surface area contributed by atoms with E-state index in [9.17, 15) is 0 Å². The van der Waals surface area contributed by atoms with Crippen molar-refractivity contribution in [3.05, 3.63) is 36.2 Å². The summed E-state index contributed by atoms with van der Waals surface area (Å²) >= 11 is 0. The number of guanidine groups is 1. The molecule has 24 heavy (non-hydrogen) atoms. The first kappa shape index (κ1) is 18.5. The van der Waals surface area contributed by atoms with Crippen molar-refractivity contribution in [3.8, 4) is 11.4 Å². The normalized spacial score (nSPS) is 14.6. The fourth-order valence-corrected chi connectivity index (χ4v) is 2.40. The van der Waals surface area contributed by atoms with Gasteiger partial charge in [0.25, 0.3) is 0 Å². The lowest BCUT2D eigenvalue weighted by molar-refractivity contribution is 0.315. The van der Waals surface area contributed by atoms with Gasteiger partial charge in [-0.3, -0.25) is 0 Å². The number of ether oxygens (including phenoxy) is 1. The van der Waals surface area contributed by atoms with Crippen LogP contribution in [0, 0.1) is 5.92 Å². The first-order valence-electron chi connectivity index (χ1n) is 7.84. The molecule has 0 amide bonds. The summed E-state index contributed by atoms with van der Waals surface area (Å²) in [6, 6.07) is 7.62. The third kappa shape index (κ3) is 4.83. The summed E-state index contributed by atoms with van der Waals surface area (Å²) in [4.78, 5) is 4.31. The Hall–Kier alpha value is -1.84. The number of nitrogens with two attached hydrogens (primary N) is 1.